The number of rotatable bonds is 7. The second kappa shape index (κ2) is 10.1. The quantitative estimate of drug-likeness (QED) is 0.681. The van der Waals surface area contributed by atoms with Gasteiger partial charge in [-0.1, -0.05) is 75.4 Å². The Kier molecular flexibility index (Phi) is 7.18. The molecule has 2 fully saturated rings. The van der Waals surface area contributed by atoms with Crippen LogP contribution in [-0.2, 0) is 16.1 Å². The zero-order valence-electron chi connectivity index (χ0n) is 20.2. The van der Waals surface area contributed by atoms with Gasteiger partial charge in [-0.05, 0) is 48.3 Å². The molecule has 1 atom stereocenters. The van der Waals surface area contributed by atoms with Gasteiger partial charge in [-0.25, -0.2) is 0 Å². The number of amides is 2. The van der Waals surface area contributed by atoms with Gasteiger partial charge in [-0.15, -0.1) is 0 Å². The van der Waals surface area contributed by atoms with E-state index in [4.69, 9.17) is 0 Å². The van der Waals surface area contributed by atoms with Crippen LogP contribution in [0.4, 0.5) is 0 Å². The molecule has 0 aromatic heterocycles. The van der Waals surface area contributed by atoms with Crippen molar-refractivity contribution in [2.75, 3.05) is 19.6 Å². The van der Waals surface area contributed by atoms with Crippen LogP contribution in [0.1, 0.15) is 52.0 Å². The van der Waals surface area contributed by atoms with Crippen molar-refractivity contribution >= 4 is 11.8 Å². The fourth-order valence-corrected chi connectivity index (χ4v) is 5.32. The summed E-state index contributed by atoms with van der Waals surface area (Å²) in [6.45, 7) is 9.43. The van der Waals surface area contributed by atoms with Gasteiger partial charge in [0.1, 0.15) is 11.6 Å². The van der Waals surface area contributed by atoms with Crippen LogP contribution in [0.5, 0.6) is 0 Å². The maximum absolute atomic E-state index is 13.3. The Balaban J connectivity index is 1.41. The lowest BCUT2D eigenvalue weighted by Gasteiger charge is -2.52. The SMILES string of the molecule is CCCN1C(=O)C(CC(C)C)NC(=O)C12CCN(Cc1ccc(-c3ccccc3)cc1)CC2. The van der Waals surface area contributed by atoms with Gasteiger partial charge in [0.2, 0.25) is 11.8 Å². The highest BCUT2D eigenvalue weighted by molar-refractivity contribution is 6.00. The van der Waals surface area contributed by atoms with Crippen molar-refractivity contribution in [2.45, 2.75) is 64.6 Å². The number of nitrogens with zero attached hydrogens (tertiary/aromatic N) is 2. The third kappa shape index (κ3) is 4.98. The molecule has 0 aliphatic carbocycles. The molecular formula is C28H37N3O2. The number of piperidine rings is 1. The second-order valence-electron chi connectivity index (χ2n) is 10.0. The van der Waals surface area contributed by atoms with E-state index >= 15 is 0 Å². The lowest BCUT2D eigenvalue weighted by atomic mass is 9.80. The second-order valence-corrected chi connectivity index (χ2v) is 10.0. The summed E-state index contributed by atoms with van der Waals surface area (Å²) in [7, 11) is 0. The first-order chi connectivity index (χ1) is 15.9. The number of hydrogen-bond acceptors (Lipinski definition) is 3. The molecule has 33 heavy (non-hydrogen) atoms. The van der Waals surface area contributed by atoms with Gasteiger partial charge in [-0.3, -0.25) is 14.5 Å². The number of nitrogens with one attached hydrogen (secondary N) is 1. The Morgan fingerprint density at radius 3 is 2.21 bits per heavy atom. The van der Waals surface area contributed by atoms with Gasteiger partial charge in [0.25, 0.3) is 0 Å². The molecule has 4 rings (SSSR count). The fraction of sp³-hybridized carbons (Fsp3) is 0.500. The topological polar surface area (TPSA) is 52.7 Å². The summed E-state index contributed by atoms with van der Waals surface area (Å²) in [6.07, 6.45) is 2.96. The molecular weight excluding hydrogens is 410 g/mol. The molecule has 2 saturated heterocycles. The summed E-state index contributed by atoms with van der Waals surface area (Å²) in [5.74, 6) is 0.523. The Bertz CT molecular complexity index is 947. The standard InChI is InChI=1S/C28H37N3O2/c1-4-16-31-26(32)25(19-21(2)3)29-27(33)28(31)14-17-30(18-15-28)20-22-10-12-24(13-11-22)23-8-6-5-7-9-23/h5-13,21,25H,4,14-20H2,1-3H3,(H,29,33). The smallest absolute Gasteiger partial charge is 0.246 e. The number of piperazine rings is 1. The van der Waals surface area contributed by atoms with E-state index in [1.165, 1.54) is 16.7 Å². The number of hydrogen-bond donors (Lipinski definition) is 1. The largest absolute Gasteiger partial charge is 0.342 e. The molecule has 1 N–H and O–H groups in total. The molecule has 2 aliphatic rings. The lowest BCUT2D eigenvalue weighted by molar-refractivity contribution is -0.161. The summed E-state index contributed by atoms with van der Waals surface area (Å²) in [5.41, 5.74) is 3.04. The predicted molar refractivity (Wildman–Crippen MR) is 133 cm³/mol. The minimum absolute atomic E-state index is 0.0491. The predicted octanol–water partition coefficient (Wildman–Crippen LogP) is 4.47. The van der Waals surface area contributed by atoms with Crippen molar-refractivity contribution in [1.82, 2.24) is 15.1 Å². The number of benzene rings is 2. The van der Waals surface area contributed by atoms with Gasteiger partial charge >= 0.3 is 0 Å². The van der Waals surface area contributed by atoms with Crippen LogP contribution in [0.15, 0.2) is 54.6 Å². The molecule has 2 aliphatic heterocycles. The van der Waals surface area contributed by atoms with Crippen LogP contribution >= 0.6 is 0 Å². The van der Waals surface area contributed by atoms with Crippen LogP contribution in [0, 0.1) is 5.92 Å². The summed E-state index contributed by atoms with van der Waals surface area (Å²) in [4.78, 5) is 30.9. The first-order valence-corrected chi connectivity index (χ1v) is 12.4. The third-order valence-corrected chi connectivity index (χ3v) is 7.11. The normalized spacial score (nSPS) is 21.0. The fourth-order valence-electron chi connectivity index (χ4n) is 5.32. The van der Waals surface area contributed by atoms with Crippen molar-refractivity contribution in [3.63, 3.8) is 0 Å². The average Bonchev–Trinajstić information content (AvgIpc) is 2.82. The molecule has 2 heterocycles. The van der Waals surface area contributed by atoms with Crippen molar-refractivity contribution in [1.29, 1.82) is 0 Å². The van der Waals surface area contributed by atoms with E-state index in [9.17, 15) is 9.59 Å². The van der Waals surface area contributed by atoms with Crippen molar-refractivity contribution in [2.24, 2.45) is 5.92 Å². The van der Waals surface area contributed by atoms with Gasteiger partial charge in [0.15, 0.2) is 0 Å². The zero-order valence-corrected chi connectivity index (χ0v) is 20.2. The van der Waals surface area contributed by atoms with Crippen LogP contribution < -0.4 is 5.32 Å². The number of carbonyl (C=O) groups excluding carboxylic acids is 2. The summed E-state index contributed by atoms with van der Waals surface area (Å²) >= 11 is 0. The van der Waals surface area contributed by atoms with E-state index in [1.54, 1.807) is 0 Å². The van der Waals surface area contributed by atoms with E-state index in [-0.39, 0.29) is 17.9 Å². The summed E-state index contributed by atoms with van der Waals surface area (Å²) in [6, 6.07) is 18.8. The minimum atomic E-state index is -0.686. The zero-order chi connectivity index (χ0) is 23.4. The van der Waals surface area contributed by atoms with Crippen LogP contribution in [-0.4, -0.2) is 52.8 Å². The summed E-state index contributed by atoms with van der Waals surface area (Å²) in [5, 5.41) is 3.08. The summed E-state index contributed by atoms with van der Waals surface area (Å²) < 4.78 is 0. The van der Waals surface area contributed by atoms with Crippen LogP contribution in [0.25, 0.3) is 11.1 Å². The monoisotopic (exact) mass is 447 g/mol. The Morgan fingerprint density at radius 2 is 1.61 bits per heavy atom. The molecule has 1 unspecified atom stereocenters. The first kappa shape index (κ1) is 23.5. The maximum Gasteiger partial charge on any atom is 0.246 e. The molecule has 2 aromatic rings. The number of likely N-dealkylation sites (tertiary alicyclic amines) is 1. The first-order valence-electron chi connectivity index (χ1n) is 12.4. The Morgan fingerprint density at radius 1 is 0.970 bits per heavy atom. The lowest BCUT2D eigenvalue weighted by Crippen LogP contribution is -2.73. The highest BCUT2D eigenvalue weighted by Crippen LogP contribution is 2.34. The molecule has 2 amide bonds. The molecule has 1 spiro atoms. The molecule has 176 valence electrons. The minimum Gasteiger partial charge on any atom is -0.342 e. The van der Waals surface area contributed by atoms with E-state index in [1.807, 2.05) is 11.0 Å². The van der Waals surface area contributed by atoms with Gasteiger partial charge in [-0.2, -0.15) is 0 Å². The molecule has 0 radical (unpaired) electrons. The molecule has 0 saturated carbocycles. The molecule has 5 nitrogen and oxygen atoms in total. The van der Waals surface area contributed by atoms with Gasteiger partial charge < -0.3 is 10.2 Å². The maximum atomic E-state index is 13.3. The van der Waals surface area contributed by atoms with E-state index in [0.717, 1.165) is 26.1 Å². The van der Waals surface area contributed by atoms with Crippen LogP contribution in [0.2, 0.25) is 0 Å². The number of carbonyl (C=O) groups is 2. The van der Waals surface area contributed by atoms with E-state index < -0.39 is 5.54 Å². The van der Waals surface area contributed by atoms with E-state index in [0.29, 0.717) is 31.7 Å². The average molecular weight is 448 g/mol. The highest BCUT2D eigenvalue weighted by atomic mass is 16.2. The molecule has 0 bridgehead atoms. The Labute approximate surface area is 198 Å². The van der Waals surface area contributed by atoms with E-state index in [2.05, 4.69) is 79.5 Å². The van der Waals surface area contributed by atoms with Gasteiger partial charge in [0.05, 0.1) is 0 Å². The van der Waals surface area contributed by atoms with Crippen molar-refractivity contribution in [3.05, 3.63) is 60.2 Å². The van der Waals surface area contributed by atoms with Crippen molar-refractivity contribution in [3.8, 4) is 11.1 Å². The third-order valence-electron chi connectivity index (χ3n) is 7.11. The molecule has 5 heteroatoms. The van der Waals surface area contributed by atoms with Gasteiger partial charge in [0, 0.05) is 26.2 Å². The van der Waals surface area contributed by atoms with Crippen LogP contribution in [0.3, 0.4) is 0 Å². The molecule has 2 aromatic carbocycles. The highest BCUT2D eigenvalue weighted by Gasteiger charge is 2.53. The Hall–Kier alpha value is -2.66. The van der Waals surface area contributed by atoms with Crippen molar-refractivity contribution < 1.29 is 9.59 Å².